The third-order valence-corrected chi connectivity index (χ3v) is 0.326. The van der Waals surface area contributed by atoms with E-state index in [9.17, 15) is 4.79 Å². The number of hydrogen-bond donors (Lipinski definition) is 0. The second kappa shape index (κ2) is 4.15. The molecule has 6 heavy (non-hydrogen) atoms. The molecule has 0 aromatic heterocycles. The van der Waals surface area contributed by atoms with E-state index in [1.165, 1.54) is 6.08 Å². The van der Waals surface area contributed by atoms with Crippen molar-refractivity contribution in [2.45, 2.75) is 0 Å². The van der Waals surface area contributed by atoms with E-state index < -0.39 is 0 Å². The van der Waals surface area contributed by atoms with Crippen molar-refractivity contribution in [3.05, 3.63) is 24.8 Å². The number of carbonyl (C=O) groups is 1. The Balaban J connectivity index is 3.17. The van der Waals surface area contributed by atoms with Crippen LogP contribution >= 0.6 is 0 Å². The molecule has 0 aromatic rings. The highest BCUT2D eigenvalue weighted by molar-refractivity contribution is 5.65. The molecule has 0 fully saturated rings. The fourth-order valence-electron chi connectivity index (χ4n) is 0.124. The minimum Gasteiger partial charge on any atom is -0.299 e. The fraction of sp³-hybridized carbons (Fsp3) is 0. The first kappa shape index (κ1) is 5.15. The third-order valence-electron chi connectivity index (χ3n) is 0.326. The van der Waals surface area contributed by atoms with E-state index in [1.807, 2.05) is 0 Å². The highest BCUT2D eigenvalue weighted by Crippen LogP contribution is 1.63. The van der Waals surface area contributed by atoms with Gasteiger partial charge in [-0.3, -0.25) is 4.79 Å². The quantitative estimate of drug-likeness (QED) is 0.275. The highest BCUT2D eigenvalue weighted by atomic mass is 16.1. The Hall–Kier alpha value is -0.850. The molecule has 0 aromatic carbocycles. The van der Waals surface area contributed by atoms with Crippen molar-refractivity contribution in [3.8, 4) is 0 Å². The SMILES string of the molecule is C=C/C=C\C=O. The van der Waals surface area contributed by atoms with Crippen molar-refractivity contribution >= 4 is 6.29 Å². The summed E-state index contributed by atoms with van der Waals surface area (Å²) in [4.78, 5) is 9.43. The maximum absolute atomic E-state index is 9.43. The third kappa shape index (κ3) is 3.15. The topological polar surface area (TPSA) is 17.1 Å². The Labute approximate surface area is 37.0 Å². The van der Waals surface area contributed by atoms with E-state index in [4.69, 9.17) is 0 Å². The molecule has 0 rings (SSSR count). The lowest BCUT2D eigenvalue weighted by Gasteiger charge is -1.56. The maximum atomic E-state index is 9.43. The van der Waals surface area contributed by atoms with E-state index in [0.29, 0.717) is 6.29 Å². The maximum Gasteiger partial charge on any atom is 0.142 e. The second-order valence-corrected chi connectivity index (χ2v) is 0.757. The van der Waals surface area contributed by atoms with Crippen molar-refractivity contribution in [2.24, 2.45) is 0 Å². The number of carbonyl (C=O) groups excluding carboxylic acids is 1. The van der Waals surface area contributed by atoms with Crippen LogP contribution in [0.25, 0.3) is 0 Å². The van der Waals surface area contributed by atoms with Gasteiger partial charge in [0.2, 0.25) is 0 Å². The summed E-state index contributed by atoms with van der Waals surface area (Å²) < 4.78 is 0. The summed E-state index contributed by atoms with van der Waals surface area (Å²) >= 11 is 0. The zero-order valence-corrected chi connectivity index (χ0v) is 3.42. The Bertz CT molecular complexity index is 62.0. The Kier molecular flexibility index (Phi) is 3.56. The molecule has 0 saturated carbocycles. The smallest absolute Gasteiger partial charge is 0.142 e. The van der Waals surface area contributed by atoms with Gasteiger partial charge in [-0.25, -0.2) is 0 Å². The van der Waals surface area contributed by atoms with Gasteiger partial charge in [-0.2, -0.15) is 0 Å². The van der Waals surface area contributed by atoms with E-state index in [0.717, 1.165) is 0 Å². The number of rotatable bonds is 2. The molecule has 1 nitrogen and oxygen atoms in total. The summed E-state index contributed by atoms with van der Waals surface area (Å²) in [6, 6.07) is 0. The molecule has 0 bridgehead atoms. The van der Waals surface area contributed by atoms with Crippen molar-refractivity contribution in [1.82, 2.24) is 0 Å². The minimum absolute atomic E-state index is 0.710. The molecule has 0 atom stereocenters. The zero-order valence-electron chi connectivity index (χ0n) is 3.42. The summed E-state index contributed by atoms with van der Waals surface area (Å²) in [5.41, 5.74) is 0. The van der Waals surface area contributed by atoms with E-state index in [1.54, 1.807) is 12.2 Å². The van der Waals surface area contributed by atoms with Crippen LogP contribution in [0.1, 0.15) is 0 Å². The molecule has 0 unspecified atom stereocenters. The standard InChI is InChI=1S/C5H6O/c1-2-3-4-5-6/h2-5H,1H2/b4-3-. The van der Waals surface area contributed by atoms with Crippen molar-refractivity contribution in [2.75, 3.05) is 0 Å². The van der Waals surface area contributed by atoms with Gasteiger partial charge in [0.25, 0.3) is 0 Å². The van der Waals surface area contributed by atoms with Gasteiger partial charge in [-0.1, -0.05) is 18.7 Å². The molecule has 0 aliphatic rings. The molecular weight excluding hydrogens is 76.1 g/mol. The van der Waals surface area contributed by atoms with Gasteiger partial charge < -0.3 is 0 Å². The van der Waals surface area contributed by atoms with Crippen LogP contribution in [-0.2, 0) is 4.79 Å². The van der Waals surface area contributed by atoms with Gasteiger partial charge in [0, 0.05) is 0 Å². The Morgan fingerprint density at radius 3 is 2.17 bits per heavy atom. The Morgan fingerprint density at radius 2 is 2.00 bits per heavy atom. The molecule has 0 aliphatic heterocycles. The first-order valence-electron chi connectivity index (χ1n) is 1.64. The van der Waals surface area contributed by atoms with Crippen molar-refractivity contribution in [1.29, 1.82) is 0 Å². The summed E-state index contributed by atoms with van der Waals surface area (Å²) in [5, 5.41) is 0. The summed E-state index contributed by atoms with van der Waals surface area (Å²) in [6.45, 7) is 3.35. The predicted octanol–water partition coefficient (Wildman–Crippen LogP) is 0.927. The first-order valence-corrected chi connectivity index (χ1v) is 1.64. The van der Waals surface area contributed by atoms with Crippen molar-refractivity contribution in [3.63, 3.8) is 0 Å². The van der Waals surface area contributed by atoms with Crippen LogP contribution in [0.4, 0.5) is 0 Å². The molecular formula is C5H6O. The van der Waals surface area contributed by atoms with Crippen molar-refractivity contribution < 1.29 is 4.79 Å². The average molecular weight is 82.1 g/mol. The molecule has 0 spiro atoms. The van der Waals surface area contributed by atoms with Gasteiger partial charge >= 0.3 is 0 Å². The molecule has 0 heterocycles. The summed E-state index contributed by atoms with van der Waals surface area (Å²) in [7, 11) is 0. The molecule has 32 valence electrons. The van der Waals surface area contributed by atoms with Gasteiger partial charge in [0.05, 0.1) is 0 Å². The highest BCUT2D eigenvalue weighted by Gasteiger charge is 1.52. The monoisotopic (exact) mass is 82.0 g/mol. The number of hydrogen-bond acceptors (Lipinski definition) is 1. The predicted molar refractivity (Wildman–Crippen MR) is 25.4 cm³/mol. The van der Waals surface area contributed by atoms with Crippen LogP contribution in [0.2, 0.25) is 0 Å². The van der Waals surface area contributed by atoms with Crippen LogP contribution in [0.15, 0.2) is 24.8 Å². The fourth-order valence-corrected chi connectivity index (χ4v) is 0.124. The van der Waals surface area contributed by atoms with Crippen LogP contribution in [0, 0.1) is 0 Å². The number of aldehydes is 1. The lowest BCUT2D eigenvalue weighted by molar-refractivity contribution is -0.104. The van der Waals surface area contributed by atoms with E-state index in [-0.39, 0.29) is 0 Å². The number of allylic oxidation sites excluding steroid dienone is 3. The van der Waals surface area contributed by atoms with E-state index in [2.05, 4.69) is 6.58 Å². The molecule has 0 saturated heterocycles. The van der Waals surface area contributed by atoms with Crippen LogP contribution in [-0.4, -0.2) is 6.29 Å². The summed E-state index contributed by atoms with van der Waals surface area (Å²) in [6.07, 6.45) is 5.22. The second-order valence-electron chi connectivity index (χ2n) is 0.757. The lowest BCUT2D eigenvalue weighted by atomic mass is 10.5. The molecule has 1 heteroatoms. The molecule has 0 amide bonds. The molecule has 0 radical (unpaired) electrons. The molecule has 0 aliphatic carbocycles. The van der Waals surface area contributed by atoms with Crippen LogP contribution in [0.5, 0.6) is 0 Å². The zero-order chi connectivity index (χ0) is 4.83. The normalized spacial score (nSPS) is 8.67. The Morgan fingerprint density at radius 1 is 1.33 bits per heavy atom. The van der Waals surface area contributed by atoms with Gasteiger partial charge in [-0.15, -0.1) is 0 Å². The largest absolute Gasteiger partial charge is 0.299 e. The van der Waals surface area contributed by atoms with E-state index >= 15 is 0 Å². The van der Waals surface area contributed by atoms with Crippen LogP contribution < -0.4 is 0 Å². The van der Waals surface area contributed by atoms with Gasteiger partial charge in [-0.05, 0) is 6.08 Å². The minimum atomic E-state index is 0.710. The lowest BCUT2D eigenvalue weighted by Crippen LogP contribution is -1.52. The van der Waals surface area contributed by atoms with Crippen LogP contribution in [0.3, 0.4) is 0 Å². The summed E-state index contributed by atoms with van der Waals surface area (Å²) in [5.74, 6) is 0. The van der Waals surface area contributed by atoms with Gasteiger partial charge in [0.1, 0.15) is 6.29 Å². The average Bonchev–Trinajstić information content (AvgIpc) is 1.61. The molecule has 0 N–H and O–H groups in total. The first-order chi connectivity index (χ1) is 2.91. The van der Waals surface area contributed by atoms with Gasteiger partial charge in [0.15, 0.2) is 0 Å².